The average Bonchev–Trinajstić information content (AvgIpc) is 2.58. The molecule has 0 radical (unpaired) electrons. The van der Waals surface area contributed by atoms with Gasteiger partial charge in [0, 0.05) is 5.56 Å². The molecule has 0 spiro atoms. The highest BCUT2D eigenvalue weighted by Gasteiger charge is 2.18. The van der Waals surface area contributed by atoms with Crippen LogP contribution in [0.4, 0.5) is 0 Å². The second-order valence-corrected chi connectivity index (χ2v) is 5.20. The number of aromatic carboxylic acids is 1. The summed E-state index contributed by atoms with van der Waals surface area (Å²) in [6, 6.07) is 22.5. The molecule has 23 heavy (non-hydrogen) atoms. The zero-order valence-corrected chi connectivity index (χ0v) is 12.7. The van der Waals surface area contributed by atoms with Crippen molar-refractivity contribution in [3.05, 3.63) is 83.9 Å². The first-order chi connectivity index (χ1) is 11.2. The number of rotatable bonds is 4. The van der Waals surface area contributed by atoms with Gasteiger partial charge in [-0.3, -0.25) is 0 Å². The Labute approximate surface area is 134 Å². The summed E-state index contributed by atoms with van der Waals surface area (Å²) in [7, 11) is 0. The molecule has 3 aromatic rings. The summed E-state index contributed by atoms with van der Waals surface area (Å²) in [6.07, 6.45) is 0. The average molecular weight is 304 g/mol. The maximum atomic E-state index is 11.5. The quantitative estimate of drug-likeness (QED) is 0.725. The Morgan fingerprint density at radius 1 is 0.870 bits per heavy atom. The maximum absolute atomic E-state index is 11.5. The van der Waals surface area contributed by atoms with Gasteiger partial charge >= 0.3 is 5.97 Å². The molecule has 3 aromatic carbocycles. The van der Waals surface area contributed by atoms with Crippen LogP contribution in [0.5, 0.6) is 11.5 Å². The van der Waals surface area contributed by atoms with E-state index in [1.54, 1.807) is 18.2 Å². The second-order valence-electron chi connectivity index (χ2n) is 5.20. The molecule has 0 aromatic heterocycles. The molecule has 0 saturated carbocycles. The number of hydrogen-bond acceptors (Lipinski definition) is 2. The molecule has 0 atom stereocenters. The normalized spacial score (nSPS) is 10.3. The van der Waals surface area contributed by atoms with Crippen LogP contribution in [-0.4, -0.2) is 11.1 Å². The van der Waals surface area contributed by atoms with E-state index >= 15 is 0 Å². The van der Waals surface area contributed by atoms with Crippen molar-refractivity contribution in [2.75, 3.05) is 0 Å². The number of para-hydroxylation sites is 1. The molecule has 114 valence electrons. The van der Waals surface area contributed by atoms with E-state index in [-0.39, 0.29) is 5.56 Å². The molecule has 0 heterocycles. The zero-order valence-electron chi connectivity index (χ0n) is 12.7. The van der Waals surface area contributed by atoms with Gasteiger partial charge in [-0.1, -0.05) is 54.6 Å². The van der Waals surface area contributed by atoms with Gasteiger partial charge in [0.2, 0.25) is 0 Å². The fraction of sp³-hybridized carbons (Fsp3) is 0.0500. The van der Waals surface area contributed by atoms with Crippen molar-refractivity contribution >= 4 is 5.97 Å². The molecule has 0 aliphatic carbocycles. The van der Waals surface area contributed by atoms with Crippen molar-refractivity contribution in [3.8, 4) is 22.6 Å². The van der Waals surface area contributed by atoms with Gasteiger partial charge in [-0.05, 0) is 36.2 Å². The van der Waals surface area contributed by atoms with E-state index in [1.807, 2.05) is 61.5 Å². The summed E-state index contributed by atoms with van der Waals surface area (Å²) >= 11 is 0. The summed E-state index contributed by atoms with van der Waals surface area (Å²) in [5.74, 6) is -0.00740. The van der Waals surface area contributed by atoms with Crippen molar-refractivity contribution in [1.82, 2.24) is 0 Å². The molecule has 3 rings (SSSR count). The minimum atomic E-state index is -1.00. The third kappa shape index (κ3) is 3.09. The Morgan fingerprint density at radius 2 is 1.48 bits per heavy atom. The van der Waals surface area contributed by atoms with E-state index in [4.69, 9.17) is 4.74 Å². The van der Waals surface area contributed by atoms with Gasteiger partial charge in [0.15, 0.2) is 0 Å². The fourth-order valence-electron chi connectivity index (χ4n) is 2.53. The number of carboxylic acids is 1. The number of benzene rings is 3. The van der Waals surface area contributed by atoms with Gasteiger partial charge in [0.25, 0.3) is 0 Å². The van der Waals surface area contributed by atoms with Crippen LogP contribution in [0.15, 0.2) is 72.8 Å². The number of hydrogen-bond donors (Lipinski definition) is 1. The standard InChI is InChI=1S/C20H16O3/c1-14-17(15-8-4-2-5-9-15)12-13-18(20(21)22)19(14)23-16-10-6-3-7-11-16/h2-13H,1H3,(H,21,22). The van der Waals surface area contributed by atoms with Crippen LogP contribution in [0, 0.1) is 6.92 Å². The van der Waals surface area contributed by atoms with E-state index in [0.29, 0.717) is 11.5 Å². The summed E-state index contributed by atoms with van der Waals surface area (Å²) < 4.78 is 5.88. The largest absolute Gasteiger partial charge is 0.478 e. The number of carbonyl (C=O) groups is 1. The first kappa shape index (κ1) is 14.9. The minimum absolute atomic E-state index is 0.158. The lowest BCUT2D eigenvalue weighted by Gasteiger charge is -2.15. The van der Waals surface area contributed by atoms with Crippen molar-refractivity contribution in [2.45, 2.75) is 6.92 Å². The van der Waals surface area contributed by atoms with Crippen LogP contribution >= 0.6 is 0 Å². The van der Waals surface area contributed by atoms with Crippen molar-refractivity contribution in [1.29, 1.82) is 0 Å². The van der Waals surface area contributed by atoms with Gasteiger partial charge in [-0.2, -0.15) is 0 Å². The first-order valence-corrected chi connectivity index (χ1v) is 7.32. The Balaban J connectivity index is 2.13. The smallest absolute Gasteiger partial charge is 0.339 e. The van der Waals surface area contributed by atoms with Gasteiger partial charge in [-0.25, -0.2) is 4.79 Å². The second kappa shape index (κ2) is 6.36. The lowest BCUT2D eigenvalue weighted by Crippen LogP contribution is -2.03. The molecular formula is C20H16O3. The molecular weight excluding hydrogens is 288 g/mol. The summed E-state index contributed by atoms with van der Waals surface area (Å²) in [5.41, 5.74) is 2.95. The Bertz CT molecular complexity index is 824. The molecule has 0 aliphatic heterocycles. The molecule has 3 heteroatoms. The predicted molar refractivity (Wildman–Crippen MR) is 90.1 cm³/mol. The predicted octanol–water partition coefficient (Wildman–Crippen LogP) is 5.15. The van der Waals surface area contributed by atoms with Crippen LogP contribution in [-0.2, 0) is 0 Å². The summed E-state index contributed by atoms with van der Waals surface area (Å²) in [6.45, 7) is 1.88. The van der Waals surface area contributed by atoms with Crippen LogP contribution in [0.3, 0.4) is 0 Å². The van der Waals surface area contributed by atoms with Crippen molar-refractivity contribution in [2.24, 2.45) is 0 Å². The van der Waals surface area contributed by atoms with Crippen LogP contribution in [0.2, 0.25) is 0 Å². The monoisotopic (exact) mass is 304 g/mol. The van der Waals surface area contributed by atoms with Crippen LogP contribution in [0.25, 0.3) is 11.1 Å². The third-order valence-electron chi connectivity index (χ3n) is 3.68. The Kier molecular flexibility index (Phi) is 4.11. The Morgan fingerprint density at radius 3 is 2.09 bits per heavy atom. The van der Waals surface area contributed by atoms with E-state index < -0.39 is 5.97 Å². The molecule has 0 saturated heterocycles. The molecule has 0 amide bonds. The molecule has 0 fully saturated rings. The Hall–Kier alpha value is -3.07. The molecule has 3 nitrogen and oxygen atoms in total. The van der Waals surface area contributed by atoms with Crippen LogP contribution in [0.1, 0.15) is 15.9 Å². The van der Waals surface area contributed by atoms with E-state index in [1.165, 1.54) is 0 Å². The molecule has 0 unspecified atom stereocenters. The number of carboxylic acid groups (broad SMARTS) is 1. The van der Waals surface area contributed by atoms with E-state index in [2.05, 4.69) is 0 Å². The molecule has 0 aliphatic rings. The summed E-state index contributed by atoms with van der Waals surface area (Å²) in [5, 5.41) is 9.45. The van der Waals surface area contributed by atoms with E-state index in [9.17, 15) is 9.90 Å². The van der Waals surface area contributed by atoms with Crippen molar-refractivity contribution in [3.63, 3.8) is 0 Å². The summed E-state index contributed by atoms with van der Waals surface area (Å²) in [4.78, 5) is 11.5. The van der Waals surface area contributed by atoms with Gasteiger partial charge < -0.3 is 9.84 Å². The van der Waals surface area contributed by atoms with Crippen molar-refractivity contribution < 1.29 is 14.6 Å². The third-order valence-corrected chi connectivity index (χ3v) is 3.68. The minimum Gasteiger partial charge on any atom is -0.478 e. The fourth-order valence-corrected chi connectivity index (χ4v) is 2.53. The highest BCUT2D eigenvalue weighted by Crippen LogP contribution is 2.35. The molecule has 0 bridgehead atoms. The van der Waals surface area contributed by atoms with Gasteiger partial charge in [-0.15, -0.1) is 0 Å². The van der Waals surface area contributed by atoms with Gasteiger partial charge in [0.05, 0.1) is 0 Å². The van der Waals surface area contributed by atoms with Gasteiger partial charge in [0.1, 0.15) is 17.1 Å². The lowest BCUT2D eigenvalue weighted by molar-refractivity contribution is 0.0694. The highest BCUT2D eigenvalue weighted by atomic mass is 16.5. The lowest BCUT2D eigenvalue weighted by atomic mass is 9.97. The zero-order chi connectivity index (χ0) is 16.2. The highest BCUT2D eigenvalue weighted by molar-refractivity contribution is 5.93. The first-order valence-electron chi connectivity index (χ1n) is 7.32. The number of ether oxygens (including phenoxy) is 1. The topological polar surface area (TPSA) is 46.5 Å². The SMILES string of the molecule is Cc1c(-c2ccccc2)ccc(C(=O)O)c1Oc1ccccc1. The van der Waals surface area contributed by atoms with E-state index in [0.717, 1.165) is 16.7 Å². The van der Waals surface area contributed by atoms with Crippen LogP contribution < -0.4 is 4.74 Å². The maximum Gasteiger partial charge on any atom is 0.339 e. The molecule has 1 N–H and O–H groups in total.